The largest absolute Gasteiger partial charge is 0.463 e. The van der Waals surface area contributed by atoms with E-state index in [1.54, 1.807) is 0 Å². The van der Waals surface area contributed by atoms with Crippen molar-refractivity contribution in [3.05, 3.63) is 70.2 Å². The van der Waals surface area contributed by atoms with Crippen molar-refractivity contribution in [1.29, 1.82) is 0 Å². The maximum Gasteiger partial charge on any atom is 0.328 e. The van der Waals surface area contributed by atoms with Gasteiger partial charge in [0.2, 0.25) is 0 Å². The minimum atomic E-state index is -0.327. The van der Waals surface area contributed by atoms with Crippen LogP contribution in [0.5, 0.6) is 0 Å². The van der Waals surface area contributed by atoms with Crippen LogP contribution in [0.25, 0.3) is 0 Å². The summed E-state index contributed by atoms with van der Waals surface area (Å²) in [6, 6.07) is 17.7. The first-order valence-corrected chi connectivity index (χ1v) is 7.73. The second kappa shape index (κ2) is 6.41. The topological polar surface area (TPSA) is 29.5 Å². The lowest BCUT2D eigenvalue weighted by Gasteiger charge is -2.34. The highest BCUT2D eigenvalue weighted by Crippen LogP contribution is 2.28. The normalized spacial score (nSPS) is 19.3. The van der Waals surface area contributed by atoms with Crippen molar-refractivity contribution >= 4 is 21.9 Å². The highest BCUT2D eigenvalue weighted by Gasteiger charge is 2.32. The van der Waals surface area contributed by atoms with Gasteiger partial charge >= 0.3 is 5.97 Å². The van der Waals surface area contributed by atoms with Crippen molar-refractivity contribution in [2.45, 2.75) is 12.6 Å². The monoisotopic (exact) mass is 345 g/mol. The van der Waals surface area contributed by atoms with Gasteiger partial charge in [-0.05, 0) is 23.3 Å². The van der Waals surface area contributed by atoms with Gasteiger partial charge in [-0.25, -0.2) is 4.79 Å². The average molecular weight is 346 g/mol. The smallest absolute Gasteiger partial charge is 0.328 e. The van der Waals surface area contributed by atoms with Crippen LogP contribution in [0.1, 0.15) is 17.2 Å². The van der Waals surface area contributed by atoms with Gasteiger partial charge < -0.3 is 4.74 Å². The molecule has 0 N–H and O–H groups in total. The molecule has 0 spiro atoms. The van der Waals surface area contributed by atoms with Crippen molar-refractivity contribution in [1.82, 2.24) is 4.90 Å². The standard InChI is InChI=1S/C17H16BrNO2/c18-15-8-6-14(7-9-15)16-17(20)21-11-10-19(16)12-13-4-2-1-3-5-13/h1-9,16H,10-12H2/t16-/m0/s1. The summed E-state index contributed by atoms with van der Waals surface area (Å²) < 4.78 is 6.26. The van der Waals surface area contributed by atoms with Crippen molar-refractivity contribution in [3.8, 4) is 0 Å². The predicted octanol–water partition coefficient (Wildman–Crippen LogP) is 3.55. The lowest BCUT2D eigenvalue weighted by molar-refractivity contribution is -0.158. The quantitative estimate of drug-likeness (QED) is 0.796. The van der Waals surface area contributed by atoms with Crippen LogP contribution in [0.15, 0.2) is 59.1 Å². The third-order valence-corrected chi connectivity index (χ3v) is 4.15. The Balaban J connectivity index is 1.86. The molecule has 1 aliphatic rings. The molecule has 1 fully saturated rings. The number of carbonyl (C=O) groups is 1. The van der Waals surface area contributed by atoms with E-state index in [9.17, 15) is 4.79 Å². The summed E-state index contributed by atoms with van der Waals surface area (Å²) >= 11 is 3.42. The van der Waals surface area contributed by atoms with Gasteiger partial charge in [0.1, 0.15) is 12.6 Å². The number of ether oxygens (including phenoxy) is 1. The molecule has 0 unspecified atom stereocenters. The lowest BCUT2D eigenvalue weighted by atomic mass is 10.0. The molecule has 3 rings (SSSR count). The Kier molecular flexibility index (Phi) is 4.36. The molecule has 1 atom stereocenters. The van der Waals surface area contributed by atoms with Crippen LogP contribution >= 0.6 is 15.9 Å². The molecule has 0 bridgehead atoms. The molecule has 0 saturated carbocycles. The zero-order valence-corrected chi connectivity index (χ0v) is 13.1. The zero-order chi connectivity index (χ0) is 14.7. The zero-order valence-electron chi connectivity index (χ0n) is 11.5. The summed E-state index contributed by atoms with van der Waals surface area (Å²) in [5.74, 6) is -0.167. The average Bonchev–Trinajstić information content (AvgIpc) is 2.50. The molecule has 0 radical (unpaired) electrons. The fourth-order valence-corrected chi connectivity index (χ4v) is 2.87. The van der Waals surface area contributed by atoms with Gasteiger partial charge in [-0.3, -0.25) is 4.90 Å². The number of esters is 1. The molecule has 2 aromatic carbocycles. The number of nitrogens with zero attached hydrogens (tertiary/aromatic N) is 1. The van der Waals surface area contributed by atoms with Crippen LogP contribution in [0.3, 0.4) is 0 Å². The first-order chi connectivity index (χ1) is 10.2. The Bertz CT molecular complexity index is 612. The van der Waals surface area contributed by atoms with Crippen molar-refractivity contribution in [2.75, 3.05) is 13.2 Å². The fraction of sp³-hybridized carbons (Fsp3) is 0.235. The summed E-state index contributed by atoms with van der Waals surface area (Å²) in [7, 11) is 0. The molecule has 0 aliphatic carbocycles. The number of carbonyl (C=O) groups excluding carboxylic acids is 1. The van der Waals surface area contributed by atoms with E-state index in [1.807, 2.05) is 42.5 Å². The highest BCUT2D eigenvalue weighted by atomic mass is 79.9. The van der Waals surface area contributed by atoms with Crippen LogP contribution < -0.4 is 0 Å². The highest BCUT2D eigenvalue weighted by molar-refractivity contribution is 9.10. The molecule has 1 heterocycles. The number of hydrogen-bond donors (Lipinski definition) is 0. The van der Waals surface area contributed by atoms with Gasteiger partial charge in [-0.15, -0.1) is 0 Å². The van der Waals surface area contributed by atoms with E-state index in [2.05, 4.69) is 33.0 Å². The molecule has 108 valence electrons. The SMILES string of the molecule is O=C1OCCN(Cc2ccccc2)[C@H]1c1ccc(Br)cc1. The second-order valence-electron chi connectivity index (χ2n) is 5.08. The van der Waals surface area contributed by atoms with E-state index < -0.39 is 0 Å². The van der Waals surface area contributed by atoms with Gasteiger partial charge in [-0.1, -0.05) is 58.4 Å². The molecule has 0 amide bonds. The van der Waals surface area contributed by atoms with Gasteiger partial charge in [0.25, 0.3) is 0 Å². The number of morpholine rings is 1. The van der Waals surface area contributed by atoms with Crippen LogP contribution in [0.4, 0.5) is 0 Å². The Hall–Kier alpha value is -1.65. The molecule has 3 nitrogen and oxygen atoms in total. The Morgan fingerprint density at radius 2 is 1.81 bits per heavy atom. The van der Waals surface area contributed by atoms with Gasteiger partial charge in [0.15, 0.2) is 0 Å². The molecule has 1 aliphatic heterocycles. The van der Waals surface area contributed by atoms with Crippen LogP contribution in [-0.4, -0.2) is 24.0 Å². The summed E-state index contributed by atoms with van der Waals surface area (Å²) in [6.45, 7) is 1.96. The summed E-state index contributed by atoms with van der Waals surface area (Å²) in [5, 5.41) is 0. The van der Waals surface area contributed by atoms with Crippen LogP contribution in [0, 0.1) is 0 Å². The second-order valence-corrected chi connectivity index (χ2v) is 5.99. The number of hydrogen-bond acceptors (Lipinski definition) is 3. The summed E-state index contributed by atoms with van der Waals surface area (Å²) in [4.78, 5) is 14.4. The minimum absolute atomic E-state index is 0.167. The number of halogens is 1. The van der Waals surface area contributed by atoms with E-state index in [1.165, 1.54) is 5.56 Å². The van der Waals surface area contributed by atoms with Crippen molar-refractivity contribution in [2.24, 2.45) is 0 Å². The van der Waals surface area contributed by atoms with Gasteiger partial charge in [0.05, 0.1) is 0 Å². The van der Waals surface area contributed by atoms with Crippen molar-refractivity contribution < 1.29 is 9.53 Å². The van der Waals surface area contributed by atoms with E-state index in [4.69, 9.17) is 4.74 Å². The summed E-state index contributed by atoms with van der Waals surface area (Å²) in [5.41, 5.74) is 2.17. The first kappa shape index (κ1) is 14.3. The van der Waals surface area contributed by atoms with Crippen molar-refractivity contribution in [3.63, 3.8) is 0 Å². The Morgan fingerprint density at radius 1 is 1.10 bits per heavy atom. The molecule has 4 heteroatoms. The maximum absolute atomic E-state index is 12.2. The number of rotatable bonds is 3. The lowest BCUT2D eigenvalue weighted by Crippen LogP contribution is -2.42. The predicted molar refractivity (Wildman–Crippen MR) is 84.7 cm³/mol. The van der Waals surface area contributed by atoms with E-state index in [0.717, 1.165) is 23.1 Å². The van der Waals surface area contributed by atoms with Gasteiger partial charge in [-0.2, -0.15) is 0 Å². The van der Waals surface area contributed by atoms with E-state index >= 15 is 0 Å². The van der Waals surface area contributed by atoms with Crippen LogP contribution in [-0.2, 0) is 16.1 Å². The molecule has 0 aromatic heterocycles. The molecular weight excluding hydrogens is 330 g/mol. The molecule has 1 saturated heterocycles. The first-order valence-electron chi connectivity index (χ1n) is 6.94. The fourth-order valence-electron chi connectivity index (χ4n) is 2.60. The third-order valence-electron chi connectivity index (χ3n) is 3.63. The Labute approximate surface area is 132 Å². The molecule has 21 heavy (non-hydrogen) atoms. The summed E-state index contributed by atoms with van der Waals surface area (Å²) in [6.07, 6.45) is 0. The number of benzene rings is 2. The number of cyclic esters (lactones) is 1. The maximum atomic E-state index is 12.2. The van der Waals surface area contributed by atoms with Crippen LogP contribution in [0.2, 0.25) is 0 Å². The minimum Gasteiger partial charge on any atom is -0.463 e. The Morgan fingerprint density at radius 3 is 2.52 bits per heavy atom. The van der Waals surface area contributed by atoms with E-state index in [0.29, 0.717) is 6.61 Å². The molecule has 2 aromatic rings. The van der Waals surface area contributed by atoms with Gasteiger partial charge in [0, 0.05) is 17.6 Å². The molecular formula is C17H16BrNO2. The third kappa shape index (κ3) is 3.34. The van der Waals surface area contributed by atoms with E-state index in [-0.39, 0.29) is 12.0 Å².